The number of nitrogens with zero attached hydrogens (tertiary/aromatic N) is 1. The molecule has 20 heavy (non-hydrogen) atoms. The molecule has 0 aliphatic rings. The van der Waals surface area contributed by atoms with Crippen LogP contribution in [0.5, 0.6) is 0 Å². The van der Waals surface area contributed by atoms with Crippen LogP contribution in [-0.2, 0) is 0 Å². The van der Waals surface area contributed by atoms with Crippen molar-refractivity contribution in [3.05, 3.63) is 64.5 Å². The Bertz CT molecular complexity index is 646. The van der Waals surface area contributed by atoms with Crippen LogP contribution in [0.3, 0.4) is 0 Å². The first-order chi connectivity index (χ1) is 9.36. The predicted octanol–water partition coefficient (Wildman–Crippen LogP) is 3.00. The molecule has 8 heteroatoms. The molecule has 2 rings (SSSR count). The first-order valence-electron chi connectivity index (χ1n) is 5.15. The summed E-state index contributed by atoms with van der Waals surface area (Å²) >= 11 is 0. The lowest BCUT2D eigenvalue weighted by molar-refractivity contribution is 0.198. The summed E-state index contributed by atoms with van der Waals surface area (Å²) < 4.78 is 79.1. The molecule has 2 nitrogen and oxygen atoms in total. The van der Waals surface area contributed by atoms with Gasteiger partial charge in [0.1, 0.15) is 11.9 Å². The predicted molar refractivity (Wildman–Crippen MR) is 54.5 cm³/mol. The summed E-state index contributed by atoms with van der Waals surface area (Å²) in [7, 11) is 0. The molecule has 1 aromatic heterocycles. The summed E-state index contributed by atoms with van der Waals surface area (Å²) in [5.74, 6) is -12.4. The minimum absolute atomic E-state index is 0.630. The van der Waals surface area contributed by atoms with E-state index >= 15 is 0 Å². The number of halogens is 6. The number of pyridine rings is 1. The van der Waals surface area contributed by atoms with Crippen LogP contribution in [0.25, 0.3) is 0 Å². The Kier molecular flexibility index (Phi) is 3.67. The molecule has 0 saturated heterocycles. The number of aliphatic hydroxyl groups is 1. The van der Waals surface area contributed by atoms with Crippen LogP contribution in [0, 0.1) is 34.9 Å². The van der Waals surface area contributed by atoms with Gasteiger partial charge in [-0.2, -0.15) is 0 Å². The fraction of sp³-hybridized carbons (Fsp3) is 0.0833. The first kappa shape index (κ1) is 14.3. The van der Waals surface area contributed by atoms with Crippen molar-refractivity contribution in [2.45, 2.75) is 6.10 Å². The molecule has 0 aliphatic carbocycles. The van der Waals surface area contributed by atoms with Crippen LogP contribution >= 0.6 is 0 Å². The molecule has 1 unspecified atom stereocenters. The summed E-state index contributed by atoms with van der Waals surface area (Å²) in [6, 6.07) is 0.859. The minimum Gasteiger partial charge on any atom is -0.383 e. The fourth-order valence-electron chi connectivity index (χ4n) is 1.63. The number of rotatable bonds is 2. The maximum Gasteiger partial charge on any atom is 0.200 e. The first-order valence-corrected chi connectivity index (χ1v) is 5.15. The van der Waals surface area contributed by atoms with E-state index < -0.39 is 52.1 Å². The van der Waals surface area contributed by atoms with Gasteiger partial charge in [0, 0.05) is 11.8 Å². The van der Waals surface area contributed by atoms with E-state index in [1.54, 1.807) is 0 Å². The van der Waals surface area contributed by atoms with Gasteiger partial charge in [0.25, 0.3) is 0 Å². The van der Waals surface area contributed by atoms with E-state index in [1.807, 2.05) is 0 Å². The zero-order valence-corrected chi connectivity index (χ0v) is 9.47. The van der Waals surface area contributed by atoms with E-state index in [4.69, 9.17) is 0 Å². The Hall–Kier alpha value is -2.09. The Morgan fingerprint density at radius 1 is 0.850 bits per heavy atom. The van der Waals surface area contributed by atoms with Crippen LogP contribution in [0.2, 0.25) is 0 Å². The molecule has 0 amide bonds. The SMILES string of the molecule is OC(c1ccncc1F)c1c(F)c(F)c(F)c(F)c1F. The standard InChI is InChI=1S/C12H5F6NO/c13-5-3-19-2-1-4(5)12(20)6-7(14)9(16)11(18)10(17)8(6)15/h1-3,12,20H. The lowest BCUT2D eigenvalue weighted by atomic mass is 10.0. The third-order valence-corrected chi connectivity index (χ3v) is 2.62. The second kappa shape index (κ2) is 5.12. The summed E-state index contributed by atoms with van der Waals surface area (Å²) in [5, 5.41) is 9.67. The van der Waals surface area contributed by atoms with E-state index in [2.05, 4.69) is 4.98 Å². The molecule has 1 atom stereocenters. The van der Waals surface area contributed by atoms with E-state index in [1.165, 1.54) is 0 Å². The number of aliphatic hydroxyl groups excluding tert-OH is 1. The number of hydrogen-bond donors (Lipinski definition) is 1. The van der Waals surface area contributed by atoms with Gasteiger partial charge >= 0.3 is 0 Å². The summed E-state index contributed by atoms with van der Waals surface area (Å²) in [6.45, 7) is 0. The van der Waals surface area contributed by atoms with Crippen molar-refractivity contribution in [1.82, 2.24) is 4.98 Å². The molecular formula is C12H5F6NO. The van der Waals surface area contributed by atoms with Gasteiger partial charge in [-0.15, -0.1) is 0 Å². The largest absolute Gasteiger partial charge is 0.383 e. The Balaban J connectivity index is 2.68. The molecular weight excluding hydrogens is 288 g/mol. The number of hydrogen-bond acceptors (Lipinski definition) is 2. The second-order valence-electron chi connectivity index (χ2n) is 3.78. The summed E-state index contributed by atoms with van der Waals surface area (Å²) in [6.07, 6.45) is -0.735. The highest BCUT2D eigenvalue weighted by atomic mass is 19.2. The summed E-state index contributed by atoms with van der Waals surface area (Å²) in [5.41, 5.74) is -2.19. The quantitative estimate of drug-likeness (QED) is 0.524. The molecule has 0 bridgehead atoms. The third kappa shape index (κ3) is 2.11. The molecule has 106 valence electrons. The summed E-state index contributed by atoms with van der Waals surface area (Å²) in [4.78, 5) is 3.33. The number of aromatic nitrogens is 1. The Morgan fingerprint density at radius 2 is 1.35 bits per heavy atom. The van der Waals surface area contributed by atoms with Gasteiger partial charge in [0.15, 0.2) is 23.3 Å². The van der Waals surface area contributed by atoms with Crippen LogP contribution < -0.4 is 0 Å². The second-order valence-corrected chi connectivity index (χ2v) is 3.78. The van der Waals surface area contributed by atoms with Gasteiger partial charge in [-0.05, 0) is 6.07 Å². The van der Waals surface area contributed by atoms with Crippen molar-refractivity contribution >= 4 is 0 Å². The molecule has 0 fully saturated rings. The van der Waals surface area contributed by atoms with Gasteiger partial charge in [-0.3, -0.25) is 4.98 Å². The fourth-order valence-corrected chi connectivity index (χ4v) is 1.63. The average Bonchev–Trinajstić information content (AvgIpc) is 2.43. The third-order valence-electron chi connectivity index (χ3n) is 2.62. The monoisotopic (exact) mass is 293 g/mol. The molecule has 0 aliphatic heterocycles. The van der Waals surface area contributed by atoms with E-state index in [9.17, 15) is 31.4 Å². The number of benzene rings is 1. The molecule has 0 saturated carbocycles. The highest BCUT2D eigenvalue weighted by molar-refractivity contribution is 5.33. The molecule has 1 aromatic carbocycles. The highest BCUT2D eigenvalue weighted by Crippen LogP contribution is 2.32. The van der Waals surface area contributed by atoms with Crippen molar-refractivity contribution < 1.29 is 31.4 Å². The van der Waals surface area contributed by atoms with Gasteiger partial charge in [-0.25, -0.2) is 26.3 Å². The normalized spacial score (nSPS) is 12.6. The van der Waals surface area contributed by atoms with Crippen LogP contribution in [0.15, 0.2) is 18.5 Å². The van der Waals surface area contributed by atoms with Crippen LogP contribution in [-0.4, -0.2) is 10.1 Å². The van der Waals surface area contributed by atoms with E-state index in [0.29, 0.717) is 6.20 Å². The molecule has 0 radical (unpaired) electrons. The maximum atomic E-state index is 13.5. The van der Waals surface area contributed by atoms with Crippen molar-refractivity contribution in [2.75, 3.05) is 0 Å². The van der Waals surface area contributed by atoms with Crippen molar-refractivity contribution in [1.29, 1.82) is 0 Å². The zero-order chi connectivity index (χ0) is 15.0. The molecule has 1 heterocycles. The maximum absolute atomic E-state index is 13.5. The zero-order valence-electron chi connectivity index (χ0n) is 9.47. The average molecular weight is 293 g/mol. The van der Waals surface area contributed by atoms with Gasteiger partial charge in [0.2, 0.25) is 5.82 Å². The van der Waals surface area contributed by atoms with Crippen LogP contribution in [0.1, 0.15) is 17.2 Å². The van der Waals surface area contributed by atoms with Gasteiger partial charge in [-0.1, -0.05) is 0 Å². The van der Waals surface area contributed by atoms with Crippen molar-refractivity contribution in [3.63, 3.8) is 0 Å². The highest BCUT2D eigenvalue weighted by Gasteiger charge is 2.31. The topological polar surface area (TPSA) is 33.1 Å². The van der Waals surface area contributed by atoms with E-state index in [-0.39, 0.29) is 0 Å². The van der Waals surface area contributed by atoms with Crippen molar-refractivity contribution in [3.8, 4) is 0 Å². The molecule has 1 N–H and O–H groups in total. The molecule has 0 spiro atoms. The van der Waals surface area contributed by atoms with Crippen molar-refractivity contribution in [2.24, 2.45) is 0 Å². The smallest absolute Gasteiger partial charge is 0.200 e. The minimum atomic E-state index is -2.36. The van der Waals surface area contributed by atoms with E-state index in [0.717, 1.165) is 12.3 Å². The Labute approximate surface area is 108 Å². The van der Waals surface area contributed by atoms with Gasteiger partial charge in [0.05, 0.1) is 11.8 Å². The lowest BCUT2D eigenvalue weighted by Gasteiger charge is -2.15. The lowest BCUT2D eigenvalue weighted by Crippen LogP contribution is -2.13. The van der Waals surface area contributed by atoms with Gasteiger partial charge < -0.3 is 5.11 Å². The molecule has 2 aromatic rings. The Morgan fingerprint density at radius 3 is 1.85 bits per heavy atom. The van der Waals surface area contributed by atoms with Crippen LogP contribution in [0.4, 0.5) is 26.3 Å².